The van der Waals surface area contributed by atoms with Gasteiger partial charge in [-0.3, -0.25) is 0 Å². The van der Waals surface area contributed by atoms with Gasteiger partial charge in [0.2, 0.25) is 0 Å². The first-order valence-electron chi connectivity index (χ1n) is 7.40. The predicted octanol–water partition coefficient (Wildman–Crippen LogP) is 1.13. The molecule has 3 aromatic rings. The quantitative estimate of drug-likeness (QED) is 0.697. The van der Waals surface area contributed by atoms with Gasteiger partial charge in [0.05, 0.1) is 6.54 Å². The van der Waals surface area contributed by atoms with E-state index in [1.807, 2.05) is 6.92 Å². The highest BCUT2D eigenvalue weighted by atomic mass is 19.1. The SMILES string of the molecule is CCO[C@@H](n1cncn1)[C@](O)(Cn1cncn1)c1ccc(F)cc1. The highest BCUT2D eigenvalue weighted by Crippen LogP contribution is 2.35. The molecule has 0 aliphatic rings. The zero-order valence-corrected chi connectivity index (χ0v) is 13.0. The number of benzene rings is 1. The molecule has 9 heteroatoms. The number of aliphatic hydroxyl groups is 1. The van der Waals surface area contributed by atoms with Crippen molar-refractivity contribution in [3.8, 4) is 0 Å². The van der Waals surface area contributed by atoms with Crippen molar-refractivity contribution < 1.29 is 14.2 Å². The zero-order valence-electron chi connectivity index (χ0n) is 13.0. The molecule has 0 spiro atoms. The lowest BCUT2D eigenvalue weighted by atomic mass is 9.91. The van der Waals surface area contributed by atoms with E-state index in [4.69, 9.17) is 4.74 Å². The largest absolute Gasteiger partial charge is 0.378 e. The van der Waals surface area contributed by atoms with Gasteiger partial charge in [0.15, 0.2) is 11.8 Å². The lowest BCUT2D eigenvalue weighted by Gasteiger charge is -2.35. The van der Waals surface area contributed by atoms with Crippen LogP contribution in [0.15, 0.2) is 49.6 Å². The Hall–Kier alpha value is -2.65. The van der Waals surface area contributed by atoms with Crippen LogP contribution in [0.25, 0.3) is 0 Å². The molecule has 2 atom stereocenters. The molecule has 0 amide bonds. The molecule has 2 aromatic heterocycles. The van der Waals surface area contributed by atoms with Gasteiger partial charge in [-0.25, -0.2) is 23.7 Å². The van der Waals surface area contributed by atoms with Crippen molar-refractivity contribution in [3.05, 3.63) is 61.0 Å². The first-order valence-corrected chi connectivity index (χ1v) is 7.40. The molecule has 126 valence electrons. The van der Waals surface area contributed by atoms with E-state index < -0.39 is 17.6 Å². The fraction of sp³-hybridized carbons (Fsp3) is 0.333. The van der Waals surface area contributed by atoms with Crippen LogP contribution < -0.4 is 0 Å². The standard InChI is InChI=1S/C15H17FN6O2/c1-2-24-14(22-11-18-9-20-22)15(23,7-21-10-17-8-19-21)12-3-5-13(16)6-4-12/h3-6,8-11,14,23H,2,7H2,1H3/t14-,15+/m1/s1. The van der Waals surface area contributed by atoms with Gasteiger partial charge in [0, 0.05) is 6.61 Å². The van der Waals surface area contributed by atoms with Crippen molar-refractivity contribution in [1.82, 2.24) is 29.5 Å². The van der Waals surface area contributed by atoms with Crippen molar-refractivity contribution in [2.75, 3.05) is 6.61 Å². The summed E-state index contributed by atoms with van der Waals surface area (Å²) in [6.07, 6.45) is 4.79. The molecule has 0 aliphatic heterocycles. The highest BCUT2D eigenvalue weighted by molar-refractivity contribution is 5.24. The van der Waals surface area contributed by atoms with Crippen molar-refractivity contribution >= 4 is 0 Å². The number of hydrogen-bond acceptors (Lipinski definition) is 6. The maximum absolute atomic E-state index is 13.3. The lowest BCUT2D eigenvalue weighted by molar-refractivity contribution is -0.165. The van der Waals surface area contributed by atoms with Crippen LogP contribution in [-0.4, -0.2) is 41.2 Å². The summed E-state index contributed by atoms with van der Waals surface area (Å²) in [4.78, 5) is 7.80. The minimum Gasteiger partial charge on any atom is -0.378 e. The molecule has 0 saturated heterocycles. The molecule has 1 aromatic carbocycles. The Bertz CT molecular complexity index is 747. The van der Waals surface area contributed by atoms with Gasteiger partial charge in [-0.15, -0.1) is 0 Å². The third-order valence-electron chi connectivity index (χ3n) is 3.62. The zero-order chi connectivity index (χ0) is 17.0. The summed E-state index contributed by atoms with van der Waals surface area (Å²) in [5.74, 6) is -0.393. The highest BCUT2D eigenvalue weighted by Gasteiger charge is 2.42. The van der Waals surface area contributed by atoms with Gasteiger partial charge in [0.1, 0.15) is 31.1 Å². The van der Waals surface area contributed by atoms with Crippen LogP contribution in [-0.2, 0) is 16.9 Å². The number of hydrogen-bond donors (Lipinski definition) is 1. The van der Waals surface area contributed by atoms with Gasteiger partial charge in [-0.1, -0.05) is 12.1 Å². The van der Waals surface area contributed by atoms with E-state index in [2.05, 4.69) is 20.2 Å². The molecule has 1 N–H and O–H groups in total. The second kappa shape index (κ2) is 6.85. The fourth-order valence-corrected chi connectivity index (χ4v) is 2.54. The van der Waals surface area contributed by atoms with Gasteiger partial charge in [-0.05, 0) is 24.6 Å². The Labute approximate surface area is 137 Å². The Morgan fingerprint density at radius 2 is 1.88 bits per heavy atom. The molecular weight excluding hydrogens is 315 g/mol. The van der Waals surface area contributed by atoms with E-state index in [-0.39, 0.29) is 6.54 Å². The minimum atomic E-state index is -1.56. The molecular formula is C15H17FN6O2. The van der Waals surface area contributed by atoms with Gasteiger partial charge >= 0.3 is 0 Å². The molecule has 2 heterocycles. The van der Waals surface area contributed by atoms with Gasteiger partial charge in [-0.2, -0.15) is 10.2 Å². The van der Waals surface area contributed by atoms with E-state index in [0.29, 0.717) is 12.2 Å². The summed E-state index contributed by atoms with van der Waals surface area (Å²) in [6.45, 7) is 2.19. The van der Waals surface area contributed by atoms with Crippen LogP contribution in [0.3, 0.4) is 0 Å². The van der Waals surface area contributed by atoms with Crippen LogP contribution in [0.4, 0.5) is 4.39 Å². The topological polar surface area (TPSA) is 90.9 Å². The number of nitrogens with zero attached hydrogens (tertiary/aromatic N) is 6. The molecule has 0 radical (unpaired) electrons. The number of halogens is 1. The monoisotopic (exact) mass is 332 g/mol. The van der Waals surface area contributed by atoms with Crippen LogP contribution in [0.5, 0.6) is 0 Å². The Balaban J connectivity index is 2.07. The minimum absolute atomic E-state index is 0.0448. The summed E-state index contributed by atoms with van der Waals surface area (Å²) in [5.41, 5.74) is -1.10. The van der Waals surface area contributed by atoms with E-state index >= 15 is 0 Å². The van der Waals surface area contributed by atoms with Crippen molar-refractivity contribution in [3.63, 3.8) is 0 Å². The maximum atomic E-state index is 13.3. The molecule has 0 aliphatic carbocycles. The van der Waals surface area contributed by atoms with Crippen molar-refractivity contribution in [1.29, 1.82) is 0 Å². The summed E-state index contributed by atoms with van der Waals surface area (Å²) in [6, 6.07) is 5.59. The molecule has 0 fully saturated rings. The molecule has 3 rings (SSSR count). The van der Waals surface area contributed by atoms with Crippen LogP contribution in [0.2, 0.25) is 0 Å². The fourth-order valence-electron chi connectivity index (χ4n) is 2.54. The number of rotatable bonds is 7. The lowest BCUT2D eigenvalue weighted by Crippen LogP contribution is -2.42. The number of ether oxygens (including phenoxy) is 1. The summed E-state index contributed by atoms with van der Waals surface area (Å²) in [5, 5.41) is 19.6. The smallest absolute Gasteiger partial charge is 0.186 e. The summed E-state index contributed by atoms with van der Waals surface area (Å²) in [7, 11) is 0. The molecule has 0 unspecified atom stereocenters. The first-order chi connectivity index (χ1) is 11.6. The molecule has 24 heavy (non-hydrogen) atoms. The van der Waals surface area contributed by atoms with Crippen LogP contribution in [0, 0.1) is 5.82 Å². The van der Waals surface area contributed by atoms with Crippen molar-refractivity contribution in [2.45, 2.75) is 25.3 Å². The maximum Gasteiger partial charge on any atom is 0.186 e. The molecule has 0 saturated carbocycles. The Morgan fingerprint density at radius 1 is 1.17 bits per heavy atom. The predicted molar refractivity (Wildman–Crippen MR) is 81.0 cm³/mol. The second-order valence-electron chi connectivity index (χ2n) is 5.21. The van der Waals surface area contributed by atoms with Crippen LogP contribution >= 0.6 is 0 Å². The summed E-state index contributed by atoms with van der Waals surface area (Å²) >= 11 is 0. The Kier molecular flexibility index (Phi) is 4.63. The Morgan fingerprint density at radius 3 is 2.46 bits per heavy atom. The number of aromatic nitrogens is 6. The van der Waals surface area contributed by atoms with E-state index in [1.54, 1.807) is 0 Å². The van der Waals surface area contributed by atoms with E-state index in [9.17, 15) is 9.50 Å². The molecule has 8 nitrogen and oxygen atoms in total. The third kappa shape index (κ3) is 3.17. The van der Waals surface area contributed by atoms with Gasteiger partial charge < -0.3 is 9.84 Å². The van der Waals surface area contributed by atoms with E-state index in [0.717, 1.165) is 0 Å². The van der Waals surface area contributed by atoms with Gasteiger partial charge in [0.25, 0.3) is 0 Å². The second-order valence-corrected chi connectivity index (χ2v) is 5.21. The first kappa shape index (κ1) is 16.2. The van der Waals surface area contributed by atoms with Crippen LogP contribution in [0.1, 0.15) is 18.7 Å². The third-order valence-corrected chi connectivity index (χ3v) is 3.62. The normalized spacial score (nSPS) is 15.1. The van der Waals surface area contributed by atoms with Crippen molar-refractivity contribution in [2.24, 2.45) is 0 Å². The average molecular weight is 332 g/mol. The average Bonchev–Trinajstić information content (AvgIpc) is 3.26. The summed E-state index contributed by atoms with van der Waals surface area (Å²) < 4.78 is 21.9. The molecule has 0 bridgehead atoms. The van der Waals surface area contributed by atoms with E-state index in [1.165, 1.54) is 58.9 Å².